The summed E-state index contributed by atoms with van der Waals surface area (Å²) in [7, 11) is 1.67. The molecule has 0 bridgehead atoms. The summed E-state index contributed by atoms with van der Waals surface area (Å²) in [4.78, 5) is 0. The Balaban J connectivity index is 1.58. The average Bonchev–Trinajstić information content (AvgIpc) is 3.54. The van der Waals surface area contributed by atoms with Crippen molar-refractivity contribution in [2.24, 2.45) is 0 Å². The van der Waals surface area contributed by atoms with Crippen molar-refractivity contribution in [1.82, 2.24) is 30.4 Å². The van der Waals surface area contributed by atoms with E-state index in [2.05, 4.69) is 89.1 Å². The van der Waals surface area contributed by atoms with Gasteiger partial charge in [-0.05, 0) is 60.2 Å². The third-order valence-corrected chi connectivity index (χ3v) is 5.97. The summed E-state index contributed by atoms with van der Waals surface area (Å²) in [6.45, 7) is 4.18. The second-order valence-corrected chi connectivity index (χ2v) is 8.45. The van der Waals surface area contributed by atoms with Crippen molar-refractivity contribution in [2.45, 2.75) is 26.2 Å². The fraction of sp³-hybridized carbons (Fsp3) is 0.185. The second-order valence-electron chi connectivity index (χ2n) is 8.45. The highest BCUT2D eigenvalue weighted by Gasteiger charge is 2.22. The maximum atomic E-state index is 5.34. The van der Waals surface area contributed by atoms with Gasteiger partial charge < -0.3 is 4.74 Å². The Labute approximate surface area is 198 Å². The maximum absolute atomic E-state index is 5.34. The van der Waals surface area contributed by atoms with E-state index in [0.29, 0.717) is 6.42 Å². The molecule has 0 aliphatic heterocycles. The molecular weight excluding hydrogens is 424 g/mol. The van der Waals surface area contributed by atoms with Crippen molar-refractivity contribution < 1.29 is 4.74 Å². The summed E-state index contributed by atoms with van der Waals surface area (Å²) >= 11 is 0. The maximum Gasteiger partial charge on any atom is 0.156 e. The Morgan fingerprint density at radius 1 is 0.912 bits per heavy atom. The van der Waals surface area contributed by atoms with Gasteiger partial charge in [0.15, 0.2) is 5.82 Å². The van der Waals surface area contributed by atoms with E-state index < -0.39 is 0 Å². The van der Waals surface area contributed by atoms with Gasteiger partial charge in [0.25, 0.3) is 0 Å². The van der Waals surface area contributed by atoms with Crippen LogP contribution in [0.2, 0.25) is 0 Å². The van der Waals surface area contributed by atoms with Crippen LogP contribution in [-0.4, -0.2) is 37.5 Å². The monoisotopic (exact) mass is 450 g/mol. The zero-order valence-electron chi connectivity index (χ0n) is 19.4. The summed E-state index contributed by atoms with van der Waals surface area (Å²) in [5.74, 6) is 1.49. The smallest absolute Gasteiger partial charge is 0.156 e. The quantitative estimate of drug-likeness (QED) is 0.375. The van der Waals surface area contributed by atoms with Gasteiger partial charge in [-0.15, -0.1) is 5.10 Å². The molecule has 1 atom stereocenters. The lowest BCUT2D eigenvalue weighted by Gasteiger charge is -2.13. The first kappa shape index (κ1) is 21.6. The van der Waals surface area contributed by atoms with Crippen LogP contribution in [0.5, 0.6) is 5.75 Å². The van der Waals surface area contributed by atoms with E-state index in [1.807, 2.05) is 28.9 Å². The molecule has 0 spiro atoms. The molecule has 34 heavy (non-hydrogen) atoms. The van der Waals surface area contributed by atoms with Crippen molar-refractivity contribution in [3.63, 3.8) is 0 Å². The third-order valence-electron chi connectivity index (χ3n) is 5.97. The van der Waals surface area contributed by atoms with E-state index in [9.17, 15) is 0 Å². The zero-order valence-corrected chi connectivity index (χ0v) is 19.4. The van der Waals surface area contributed by atoms with Crippen LogP contribution >= 0.6 is 0 Å². The van der Waals surface area contributed by atoms with Gasteiger partial charge in [-0.1, -0.05) is 59.7 Å². The lowest BCUT2D eigenvalue weighted by molar-refractivity contribution is 0.414. The standard InChI is InChI=1S/C27H26N6O/c1-18-7-9-20(10-8-18)26-17-22(30-33(26)23-11-13-24(34-3)14-12-23)16-25(27-28-31-32-29-27)21-6-4-5-19(2)15-21/h4-15,17,25H,16H2,1-3H3,(H,28,29,31,32). The first-order chi connectivity index (χ1) is 16.6. The molecule has 5 rings (SSSR count). The molecule has 1 N–H and O–H groups in total. The van der Waals surface area contributed by atoms with Crippen LogP contribution in [0.15, 0.2) is 78.9 Å². The Bertz CT molecular complexity index is 1370. The van der Waals surface area contributed by atoms with Crippen LogP contribution < -0.4 is 4.74 Å². The highest BCUT2D eigenvalue weighted by molar-refractivity contribution is 5.63. The normalized spacial score (nSPS) is 12.0. The minimum absolute atomic E-state index is 0.0417. The van der Waals surface area contributed by atoms with Crippen LogP contribution in [0, 0.1) is 13.8 Å². The van der Waals surface area contributed by atoms with Crippen molar-refractivity contribution in [3.05, 3.63) is 107 Å². The molecule has 7 nitrogen and oxygen atoms in total. The first-order valence-corrected chi connectivity index (χ1v) is 11.2. The predicted molar refractivity (Wildman–Crippen MR) is 131 cm³/mol. The van der Waals surface area contributed by atoms with E-state index >= 15 is 0 Å². The summed E-state index contributed by atoms with van der Waals surface area (Å²) in [6.07, 6.45) is 0.655. The minimum atomic E-state index is -0.0417. The van der Waals surface area contributed by atoms with Crippen LogP contribution in [0.25, 0.3) is 16.9 Å². The number of hydrogen-bond donors (Lipinski definition) is 1. The minimum Gasteiger partial charge on any atom is -0.497 e. The zero-order chi connectivity index (χ0) is 23.5. The van der Waals surface area contributed by atoms with Gasteiger partial charge in [0.05, 0.1) is 30.1 Å². The van der Waals surface area contributed by atoms with Crippen molar-refractivity contribution in [2.75, 3.05) is 7.11 Å². The SMILES string of the molecule is COc1ccc(-n2nc(CC(c3cccc(C)c3)c3nnn[nH]3)cc2-c2ccc(C)cc2)cc1. The molecule has 5 aromatic rings. The second kappa shape index (κ2) is 9.31. The largest absolute Gasteiger partial charge is 0.497 e. The topological polar surface area (TPSA) is 81.5 Å². The molecule has 0 amide bonds. The number of benzene rings is 3. The number of aromatic nitrogens is 6. The fourth-order valence-corrected chi connectivity index (χ4v) is 4.16. The molecule has 7 heteroatoms. The number of methoxy groups -OCH3 is 1. The number of H-pyrrole nitrogens is 1. The highest BCUT2D eigenvalue weighted by Crippen LogP contribution is 2.30. The number of nitrogens with one attached hydrogen (secondary N) is 1. The lowest BCUT2D eigenvalue weighted by atomic mass is 9.92. The third kappa shape index (κ3) is 4.45. The van der Waals surface area contributed by atoms with Gasteiger partial charge in [0, 0.05) is 12.0 Å². The van der Waals surface area contributed by atoms with E-state index in [4.69, 9.17) is 9.84 Å². The molecular formula is C27H26N6O. The summed E-state index contributed by atoms with van der Waals surface area (Å²) in [5.41, 5.74) is 7.61. The van der Waals surface area contributed by atoms with Gasteiger partial charge in [-0.2, -0.15) is 5.10 Å². The van der Waals surface area contributed by atoms with Crippen LogP contribution in [0.1, 0.15) is 34.1 Å². The number of aryl methyl sites for hydroxylation is 2. The summed E-state index contributed by atoms with van der Waals surface area (Å²) in [5, 5.41) is 19.8. The Kier molecular flexibility index (Phi) is 5.91. The van der Waals surface area contributed by atoms with E-state index in [1.165, 1.54) is 11.1 Å². The number of nitrogens with zero attached hydrogens (tertiary/aromatic N) is 5. The predicted octanol–water partition coefficient (Wildman–Crippen LogP) is 5.05. The van der Waals surface area contributed by atoms with Gasteiger partial charge in [-0.3, -0.25) is 0 Å². The van der Waals surface area contributed by atoms with E-state index in [0.717, 1.165) is 39.8 Å². The number of tetrazole rings is 1. The molecule has 0 saturated heterocycles. The van der Waals surface area contributed by atoms with Crippen molar-refractivity contribution in [3.8, 4) is 22.7 Å². The first-order valence-electron chi connectivity index (χ1n) is 11.2. The van der Waals surface area contributed by atoms with Gasteiger partial charge in [0.2, 0.25) is 0 Å². The average molecular weight is 451 g/mol. The van der Waals surface area contributed by atoms with Crippen molar-refractivity contribution >= 4 is 0 Å². The number of aromatic amines is 1. The van der Waals surface area contributed by atoms with Crippen LogP contribution in [0.3, 0.4) is 0 Å². The molecule has 0 radical (unpaired) electrons. The van der Waals surface area contributed by atoms with Gasteiger partial charge >= 0.3 is 0 Å². The van der Waals surface area contributed by atoms with Crippen LogP contribution in [-0.2, 0) is 6.42 Å². The molecule has 0 aliphatic carbocycles. The molecule has 170 valence electrons. The van der Waals surface area contributed by atoms with Crippen LogP contribution in [0.4, 0.5) is 0 Å². The Hall–Kier alpha value is -4.26. The number of hydrogen-bond acceptors (Lipinski definition) is 5. The molecule has 2 heterocycles. The molecule has 2 aromatic heterocycles. The Morgan fingerprint density at radius 3 is 2.38 bits per heavy atom. The molecule has 0 saturated carbocycles. The molecule has 1 unspecified atom stereocenters. The van der Waals surface area contributed by atoms with E-state index in [-0.39, 0.29) is 5.92 Å². The van der Waals surface area contributed by atoms with Gasteiger partial charge in [-0.25, -0.2) is 9.78 Å². The fourth-order valence-electron chi connectivity index (χ4n) is 4.16. The van der Waals surface area contributed by atoms with E-state index in [1.54, 1.807) is 7.11 Å². The lowest BCUT2D eigenvalue weighted by Crippen LogP contribution is -2.09. The number of ether oxygens (including phenoxy) is 1. The van der Waals surface area contributed by atoms with Gasteiger partial charge in [0.1, 0.15) is 5.75 Å². The number of rotatable bonds is 7. The Morgan fingerprint density at radius 2 is 1.71 bits per heavy atom. The summed E-state index contributed by atoms with van der Waals surface area (Å²) < 4.78 is 7.33. The van der Waals surface area contributed by atoms with Crippen molar-refractivity contribution in [1.29, 1.82) is 0 Å². The summed E-state index contributed by atoms with van der Waals surface area (Å²) in [6, 6.07) is 27.0. The molecule has 0 fully saturated rings. The molecule has 3 aromatic carbocycles. The highest BCUT2D eigenvalue weighted by atomic mass is 16.5. The molecule has 0 aliphatic rings.